The van der Waals surface area contributed by atoms with Crippen LogP contribution in [0.2, 0.25) is 0 Å². The van der Waals surface area contributed by atoms with Crippen LogP contribution in [0.4, 0.5) is 5.82 Å². The molecule has 1 aliphatic carbocycles. The highest BCUT2D eigenvalue weighted by atomic mass is 16.4. The number of carboxylic acid groups (broad SMARTS) is 1. The fourth-order valence-corrected chi connectivity index (χ4v) is 4.60. The quantitative estimate of drug-likeness (QED) is 0.488. The second kappa shape index (κ2) is 6.62. The number of carboxylic acids is 1. The van der Waals surface area contributed by atoms with Gasteiger partial charge < -0.3 is 15.8 Å². The Morgan fingerprint density at radius 1 is 1.28 bits per heavy atom. The Kier molecular flexibility index (Phi) is 4.04. The average molecular weight is 389 g/mol. The van der Waals surface area contributed by atoms with E-state index in [-0.39, 0.29) is 11.8 Å². The predicted molar refractivity (Wildman–Crippen MR) is 112 cm³/mol. The van der Waals surface area contributed by atoms with Crippen LogP contribution in [0.3, 0.4) is 0 Å². The summed E-state index contributed by atoms with van der Waals surface area (Å²) in [4.78, 5) is 24.1. The number of rotatable bonds is 3. The van der Waals surface area contributed by atoms with Gasteiger partial charge >= 0.3 is 5.97 Å². The highest BCUT2D eigenvalue weighted by Crippen LogP contribution is 2.39. The lowest BCUT2D eigenvalue weighted by Crippen LogP contribution is -2.21. The van der Waals surface area contributed by atoms with Crippen molar-refractivity contribution in [3.63, 3.8) is 0 Å². The third kappa shape index (κ3) is 2.85. The first-order valence-corrected chi connectivity index (χ1v) is 9.97. The summed E-state index contributed by atoms with van der Waals surface area (Å²) < 4.78 is 2.03. The molecule has 0 bridgehead atoms. The lowest BCUT2D eigenvalue weighted by molar-refractivity contribution is -0.142. The molecule has 3 aromatic heterocycles. The second-order valence-corrected chi connectivity index (χ2v) is 7.96. The fourth-order valence-electron chi connectivity index (χ4n) is 4.60. The summed E-state index contributed by atoms with van der Waals surface area (Å²) >= 11 is 0. The molecule has 0 saturated heterocycles. The van der Waals surface area contributed by atoms with E-state index in [9.17, 15) is 9.90 Å². The zero-order valence-electron chi connectivity index (χ0n) is 16.2. The maximum atomic E-state index is 11.3. The summed E-state index contributed by atoms with van der Waals surface area (Å²) in [6.07, 6.45) is 6.56. The van der Waals surface area contributed by atoms with Gasteiger partial charge in [-0.1, -0.05) is 18.2 Å². The Bertz CT molecular complexity index is 1230. The Morgan fingerprint density at radius 3 is 2.79 bits per heavy atom. The SMILES string of the molecule is Cc1cccc2cc(-c3nc([C@H]4CC[C@H](C(=O)O)CC4)n4ccnc(N)c34)[nH]c12. The van der Waals surface area contributed by atoms with Crippen molar-refractivity contribution in [2.45, 2.75) is 38.5 Å². The molecule has 0 unspecified atom stereocenters. The number of hydrogen-bond acceptors (Lipinski definition) is 4. The normalized spacial score (nSPS) is 19.8. The van der Waals surface area contributed by atoms with Crippen molar-refractivity contribution in [3.8, 4) is 11.4 Å². The second-order valence-electron chi connectivity index (χ2n) is 7.96. The first kappa shape index (κ1) is 17.7. The lowest BCUT2D eigenvalue weighted by Gasteiger charge is -2.25. The third-order valence-corrected chi connectivity index (χ3v) is 6.17. The Balaban J connectivity index is 1.63. The molecule has 0 radical (unpaired) electrons. The molecule has 7 nitrogen and oxygen atoms in total. The van der Waals surface area contributed by atoms with Crippen LogP contribution in [-0.2, 0) is 4.79 Å². The molecule has 4 aromatic rings. The topological polar surface area (TPSA) is 109 Å². The van der Waals surface area contributed by atoms with Gasteiger partial charge in [0.15, 0.2) is 0 Å². The number of aryl methyl sites for hydroxylation is 1. The number of imidazole rings is 1. The summed E-state index contributed by atoms with van der Waals surface area (Å²) in [6, 6.07) is 8.30. The molecular weight excluding hydrogens is 366 g/mol. The molecule has 0 amide bonds. The molecule has 0 aliphatic heterocycles. The van der Waals surface area contributed by atoms with E-state index in [0.717, 1.165) is 46.5 Å². The van der Waals surface area contributed by atoms with Gasteiger partial charge in [-0.25, -0.2) is 9.97 Å². The minimum Gasteiger partial charge on any atom is -0.481 e. The molecule has 0 atom stereocenters. The van der Waals surface area contributed by atoms with E-state index in [1.807, 2.05) is 16.7 Å². The number of para-hydroxylation sites is 1. The van der Waals surface area contributed by atoms with Gasteiger partial charge in [0, 0.05) is 29.2 Å². The average Bonchev–Trinajstić information content (AvgIpc) is 3.31. The Morgan fingerprint density at radius 2 is 2.07 bits per heavy atom. The van der Waals surface area contributed by atoms with Crippen LogP contribution >= 0.6 is 0 Å². The molecule has 5 rings (SSSR count). The molecule has 7 heteroatoms. The molecule has 1 saturated carbocycles. The highest BCUT2D eigenvalue weighted by Gasteiger charge is 2.30. The number of nitrogens with one attached hydrogen (secondary N) is 1. The molecule has 3 heterocycles. The number of H-pyrrole nitrogens is 1. The van der Waals surface area contributed by atoms with E-state index in [1.165, 1.54) is 5.56 Å². The first-order valence-electron chi connectivity index (χ1n) is 9.97. The largest absolute Gasteiger partial charge is 0.481 e. The van der Waals surface area contributed by atoms with Crippen LogP contribution in [0.5, 0.6) is 0 Å². The van der Waals surface area contributed by atoms with Crippen LogP contribution < -0.4 is 5.73 Å². The zero-order valence-corrected chi connectivity index (χ0v) is 16.2. The number of nitrogens with two attached hydrogens (primary N) is 1. The monoisotopic (exact) mass is 389 g/mol. The van der Waals surface area contributed by atoms with Crippen molar-refractivity contribution in [1.82, 2.24) is 19.4 Å². The summed E-state index contributed by atoms with van der Waals surface area (Å²) in [5.41, 5.74) is 11.0. The number of hydrogen-bond donors (Lipinski definition) is 3. The number of aliphatic carboxylic acids is 1. The van der Waals surface area contributed by atoms with E-state index < -0.39 is 5.97 Å². The summed E-state index contributed by atoms with van der Waals surface area (Å²) in [7, 11) is 0. The van der Waals surface area contributed by atoms with Crippen LogP contribution in [0, 0.1) is 12.8 Å². The number of nitrogens with zero attached hydrogens (tertiary/aromatic N) is 3. The molecule has 0 spiro atoms. The minimum atomic E-state index is -0.695. The van der Waals surface area contributed by atoms with E-state index >= 15 is 0 Å². The fraction of sp³-hybridized carbons (Fsp3) is 0.318. The Labute approximate surface area is 167 Å². The third-order valence-electron chi connectivity index (χ3n) is 6.17. The van der Waals surface area contributed by atoms with Crippen LogP contribution in [0.1, 0.15) is 43.0 Å². The number of nitrogen functional groups attached to an aromatic ring is 1. The first-order chi connectivity index (χ1) is 14.0. The number of carbonyl (C=O) groups is 1. The zero-order chi connectivity index (χ0) is 20.1. The van der Waals surface area contributed by atoms with Crippen LogP contribution in [0.25, 0.3) is 27.8 Å². The van der Waals surface area contributed by atoms with Gasteiger partial charge in [-0.2, -0.15) is 0 Å². The van der Waals surface area contributed by atoms with Gasteiger partial charge in [0.05, 0.1) is 11.6 Å². The number of fused-ring (bicyclic) bond motifs is 2. The number of aromatic amines is 1. The molecule has 1 aromatic carbocycles. The minimum absolute atomic E-state index is 0.208. The van der Waals surface area contributed by atoms with Crippen molar-refractivity contribution in [1.29, 1.82) is 0 Å². The van der Waals surface area contributed by atoms with Crippen molar-refractivity contribution >= 4 is 28.2 Å². The van der Waals surface area contributed by atoms with Crippen LogP contribution in [-0.4, -0.2) is 30.4 Å². The van der Waals surface area contributed by atoms with Gasteiger partial charge in [-0.3, -0.25) is 9.20 Å². The number of benzene rings is 1. The van der Waals surface area contributed by atoms with E-state index in [0.29, 0.717) is 18.7 Å². The smallest absolute Gasteiger partial charge is 0.306 e. The maximum absolute atomic E-state index is 11.3. The summed E-state index contributed by atoms with van der Waals surface area (Å²) in [5, 5.41) is 10.4. The van der Waals surface area contributed by atoms with Crippen molar-refractivity contribution in [3.05, 3.63) is 48.0 Å². The van der Waals surface area contributed by atoms with Gasteiger partial charge in [0.1, 0.15) is 22.9 Å². The predicted octanol–water partition coefficient (Wildman–Crippen LogP) is 4.13. The van der Waals surface area contributed by atoms with E-state index in [2.05, 4.69) is 35.1 Å². The lowest BCUT2D eigenvalue weighted by atomic mass is 9.81. The molecule has 4 N–H and O–H groups in total. The number of anilines is 1. The summed E-state index contributed by atoms with van der Waals surface area (Å²) in [5.74, 6) is 0.637. The summed E-state index contributed by atoms with van der Waals surface area (Å²) in [6.45, 7) is 2.08. The number of aromatic nitrogens is 4. The molecule has 29 heavy (non-hydrogen) atoms. The molecular formula is C22H23N5O2. The van der Waals surface area contributed by atoms with E-state index in [4.69, 9.17) is 10.7 Å². The highest BCUT2D eigenvalue weighted by molar-refractivity contribution is 5.92. The van der Waals surface area contributed by atoms with Gasteiger partial charge in [-0.15, -0.1) is 0 Å². The van der Waals surface area contributed by atoms with Crippen LogP contribution in [0.15, 0.2) is 36.7 Å². The van der Waals surface area contributed by atoms with Crippen molar-refractivity contribution in [2.75, 3.05) is 5.73 Å². The van der Waals surface area contributed by atoms with Crippen molar-refractivity contribution in [2.24, 2.45) is 5.92 Å². The standard InChI is InChI=1S/C22H23N5O2/c1-12-3-2-4-15-11-16(25-17(12)15)18-19-20(23)24-9-10-27(19)21(26-18)13-5-7-14(8-6-13)22(28)29/h2-4,9-11,13-14,25H,5-8H2,1H3,(H2,23,24)(H,28,29)/t13-,14-. The molecule has 148 valence electrons. The molecule has 1 aliphatic rings. The van der Waals surface area contributed by atoms with E-state index in [1.54, 1.807) is 6.20 Å². The van der Waals surface area contributed by atoms with Gasteiger partial charge in [-0.05, 0) is 44.2 Å². The van der Waals surface area contributed by atoms with Gasteiger partial charge in [0.2, 0.25) is 0 Å². The Hall–Kier alpha value is -3.35. The maximum Gasteiger partial charge on any atom is 0.306 e. The van der Waals surface area contributed by atoms with Crippen molar-refractivity contribution < 1.29 is 9.90 Å². The molecule has 1 fully saturated rings. The van der Waals surface area contributed by atoms with Gasteiger partial charge in [0.25, 0.3) is 0 Å².